The number of halogens is 4. The fourth-order valence-electron chi connectivity index (χ4n) is 3.25. The fourth-order valence-corrected chi connectivity index (χ4v) is 3.25. The lowest BCUT2D eigenvalue weighted by molar-refractivity contribution is -0.137. The number of methoxy groups -OCH3 is 1. The molecule has 2 heterocycles. The van der Waals surface area contributed by atoms with Crippen molar-refractivity contribution >= 4 is 5.95 Å². The second-order valence-electron chi connectivity index (χ2n) is 7.06. The lowest BCUT2D eigenvalue weighted by atomic mass is 10.1. The molecule has 2 aromatic carbocycles. The molecule has 0 saturated carbocycles. The summed E-state index contributed by atoms with van der Waals surface area (Å²) < 4.78 is 59.7. The number of ether oxygens (including phenoxy) is 1. The van der Waals surface area contributed by atoms with Gasteiger partial charge >= 0.3 is 6.18 Å². The Hall–Kier alpha value is -4.01. The normalized spacial score (nSPS) is 11.3. The first-order valence-corrected chi connectivity index (χ1v) is 9.87. The van der Waals surface area contributed by atoms with Gasteiger partial charge in [0.25, 0.3) is 0 Å². The molecule has 0 saturated heterocycles. The highest BCUT2D eigenvalue weighted by Crippen LogP contribution is 2.39. The van der Waals surface area contributed by atoms with Crippen LogP contribution in [0.5, 0.6) is 5.75 Å². The lowest BCUT2D eigenvalue weighted by Crippen LogP contribution is -2.12. The van der Waals surface area contributed by atoms with E-state index < -0.39 is 23.3 Å². The van der Waals surface area contributed by atoms with Crippen molar-refractivity contribution in [1.29, 1.82) is 0 Å². The Morgan fingerprint density at radius 2 is 1.76 bits per heavy atom. The molecular weight excluding hydrogens is 436 g/mol. The third kappa shape index (κ3) is 5.08. The molecule has 0 aliphatic carbocycles. The van der Waals surface area contributed by atoms with Crippen LogP contribution < -0.4 is 10.1 Å². The Bertz CT molecular complexity index is 1250. The minimum absolute atomic E-state index is 0.0295. The molecule has 2 aromatic heterocycles. The zero-order valence-electron chi connectivity index (χ0n) is 17.4. The number of nitrogens with zero attached hydrogens (tertiary/aromatic N) is 3. The summed E-state index contributed by atoms with van der Waals surface area (Å²) in [6.45, 7) is 0.271. The summed E-state index contributed by atoms with van der Waals surface area (Å²) in [5.74, 6) is -0.671. The Labute approximate surface area is 187 Å². The van der Waals surface area contributed by atoms with Gasteiger partial charge in [0, 0.05) is 30.1 Å². The van der Waals surface area contributed by atoms with E-state index in [9.17, 15) is 17.6 Å². The molecule has 0 aliphatic heterocycles. The summed E-state index contributed by atoms with van der Waals surface area (Å²) in [6, 6.07) is 16.5. The van der Waals surface area contributed by atoms with E-state index in [4.69, 9.17) is 4.74 Å². The van der Waals surface area contributed by atoms with Crippen LogP contribution in [0.2, 0.25) is 0 Å². The van der Waals surface area contributed by atoms with E-state index in [1.165, 1.54) is 13.2 Å². The molecule has 0 amide bonds. The molecule has 4 aromatic rings. The quantitative estimate of drug-likeness (QED) is 0.363. The number of pyridine rings is 1. The van der Waals surface area contributed by atoms with Crippen molar-refractivity contribution in [3.8, 4) is 28.3 Å². The number of rotatable bonds is 6. The SMILES string of the molecule is COc1ccc(F)cc1-c1nc(NCc2ccc(-c3ccccn3)cc2)ncc1C(F)(F)F. The van der Waals surface area contributed by atoms with E-state index in [0.717, 1.165) is 29.0 Å². The summed E-state index contributed by atoms with van der Waals surface area (Å²) >= 11 is 0. The standard InChI is InChI=1S/C24H18F4N4O/c1-33-21-10-9-17(25)12-18(21)22-19(24(26,27)28)14-31-23(32-22)30-13-15-5-7-16(8-6-15)20-4-2-3-11-29-20/h2-12,14H,13H2,1H3,(H,30,31,32). The van der Waals surface area contributed by atoms with Gasteiger partial charge in [0.1, 0.15) is 17.1 Å². The van der Waals surface area contributed by atoms with Crippen molar-refractivity contribution in [2.24, 2.45) is 0 Å². The molecule has 168 valence electrons. The summed E-state index contributed by atoms with van der Waals surface area (Å²) in [7, 11) is 1.29. The predicted molar refractivity (Wildman–Crippen MR) is 116 cm³/mol. The van der Waals surface area contributed by atoms with Crippen molar-refractivity contribution < 1.29 is 22.3 Å². The van der Waals surface area contributed by atoms with Crippen molar-refractivity contribution in [2.45, 2.75) is 12.7 Å². The minimum Gasteiger partial charge on any atom is -0.496 e. The van der Waals surface area contributed by atoms with Gasteiger partial charge in [0.2, 0.25) is 5.95 Å². The average molecular weight is 454 g/mol. The first kappa shape index (κ1) is 22.2. The predicted octanol–water partition coefficient (Wildman–Crippen LogP) is 5.98. The maximum atomic E-state index is 13.8. The van der Waals surface area contributed by atoms with Crippen LogP contribution in [0.4, 0.5) is 23.5 Å². The molecule has 0 aliphatic rings. The Balaban J connectivity index is 1.61. The minimum atomic E-state index is -4.73. The van der Waals surface area contributed by atoms with Crippen molar-refractivity contribution in [3.63, 3.8) is 0 Å². The third-order valence-electron chi connectivity index (χ3n) is 4.88. The molecule has 9 heteroatoms. The van der Waals surface area contributed by atoms with E-state index in [2.05, 4.69) is 20.3 Å². The molecule has 0 bridgehead atoms. The van der Waals surface area contributed by atoms with Gasteiger partial charge < -0.3 is 10.1 Å². The van der Waals surface area contributed by atoms with Crippen LogP contribution in [0.25, 0.3) is 22.5 Å². The lowest BCUT2D eigenvalue weighted by Gasteiger charge is -2.15. The first-order valence-electron chi connectivity index (χ1n) is 9.87. The van der Waals surface area contributed by atoms with E-state index >= 15 is 0 Å². The maximum Gasteiger partial charge on any atom is 0.419 e. The zero-order valence-corrected chi connectivity index (χ0v) is 17.4. The zero-order chi connectivity index (χ0) is 23.4. The third-order valence-corrected chi connectivity index (χ3v) is 4.88. The van der Waals surface area contributed by atoms with Gasteiger partial charge in [-0.3, -0.25) is 4.98 Å². The van der Waals surface area contributed by atoms with E-state index in [1.54, 1.807) is 6.20 Å². The van der Waals surface area contributed by atoms with Crippen LogP contribution in [-0.2, 0) is 12.7 Å². The summed E-state index contributed by atoms with van der Waals surface area (Å²) in [4.78, 5) is 12.1. The monoisotopic (exact) mass is 454 g/mol. The van der Waals surface area contributed by atoms with Crippen LogP contribution in [0, 0.1) is 5.82 Å². The Morgan fingerprint density at radius 1 is 0.970 bits per heavy atom. The molecule has 0 radical (unpaired) electrons. The highest BCUT2D eigenvalue weighted by atomic mass is 19.4. The first-order chi connectivity index (χ1) is 15.8. The largest absolute Gasteiger partial charge is 0.496 e. The Kier molecular flexibility index (Phi) is 6.21. The van der Waals surface area contributed by atoms with Gasteiger partial charge in [0.15, 0.2) is 0 Å². The molecule has 5 nitrogen and oxygen atoms in total. The van der Waals surface area contributed by atoms with E-state index in [0.29, 0.717) is 6.20 Å². The highest BCUT2D eigenvalue weighted by Gasteiger charge is 2.36. The van der Waals surface area contributed by atoms with Crippen molar-refractivity contribution in [1.82, 2.24) is 15.0 Å². The molecule has 0 fully saturated rings. The van der Waals surface area contributed by atoms with Crippen molar-refractivity contribution in [3.05, 3.63) is 90.0 Å². The van der Waals surface area contributed by atoms with Crippen LogP contribution >= 0.6 is 0 Å². The van der Waals surface area contributed by atoms with Crippen molar-refractivity contribution in [2.75, 3.05) is 12.4 Å². The van der Waals surface area contributed by atoms with Gasteiger partial charge in [-0.25, -0.2) is 14.4 Å². The van der Waals surface area contributed by atoms with Gasteiger partial charge in [-0.1, -0.05) is 30.3 Å². The fraction of sp³-hybridized carbons (Fsp3) is 0.125. The Morgan fingerprint density at radius 3 is 2.42 bits per heavy atom. The summed E-state index contributed by atoms with van der Waals surface area (Å²) in [6.07, 6.45) is -2.34. The second kappa shape index (κ2) is 9.23. The number of nitrogens with one attached hydrogen (secondary N) is 1. The summed E-state index contributed by atoms with van der Waals surface area (Å²) in [5.41, 5.74) is 0.957. The second-order valence-corrected chi connectivity index (χ2v) is 7.06. The van der Waals surface area contributed by atoms with Gasteiger partial charge in [-0.05, 0) is 35.9 Å². The van der Waals surface area contributed by atoms with Crippen LogP contribution in [0.15, 0.2) is 73.1 Å². The number of hydrogen-bond acceptors (Lipinski definition) is 5. The molecule has 1 N–H and O–H groups in total. The van der Waals surface area contributed by atoms with Gasteiger partial charge in [-0.2, -0.15) is 13.2 Å². The molecule has 4 rings (SSSR count). The van der Waals surface area contributed by atoms with Crippen LogP contribution in [-0.4, -0.2) is 22.1 Å². The van der Waals surface area contributed by atoms with Crippen LogP contribution in [0.1, 0.15) is 11.1 Å². The molecule has 0 unspecified atom stereocenters. The molecule has 0 atom stereocenters. The van der Waals surface area contributed by atoms with Gasteiger partial charge in [0.05, 0.1) is 18.5 Å². The summed E-state index contributed by atoms with van der Waals surface area (Å²) in [5, 5.41) is 2.92. The molecule has 33 heavy (non-hydrogen) atoms. The maximum absolute atomic E-state index is 13.8. The number of benzene rings is 2. The molecule has 0 spiro atoms. The molecular formula is C24H18F4N4O. The van der Waals surface area contributed by atoms with Gasteiger partial charge in [-0.15, -0.1) is 0 Å². The van der Waals surface area contributed by atoms with Crippen LogP contribution in [0.3, 0.4) is 0 Å². The smallest absolute Gasteiger partial charge is 0.419 e. The highest BCUT2D eigenvalue weighted by molar-refractivity contribution is 5.71. The topological polar surface area (TPSA) is 59.9 Å². The number of aromatic nitrogens is 3. The number of alkyl halides is 3. The van der Waals surface area contributed by atoms with E-state index in [1.807, 2.05) is 42.5 Å². The number of anilines is 1. The van der Waals surface area contributed by atoms with E-state index in [-0.39, 0.29) is 23.8 Å². The average Bonchev–Trinajstić information content (AvgIpc) is 2.83. The number of hydrogen-bond donors (Lipinski definition) is 1.